The normalized spacial score (nSPS) is 9.56. The van der Waals surface area contributed by atoms with Crippen LogP contribution in [-0.4, -0.2) is 23.9 Å². The van der Waals surface area contributed by atoms with E-state index in [9.17, 15) is 0 Å². The standard InChI is InChI=1S/C6H10N2O/c1-7(2)8-5-3-4-6(8)9/h3-5,9H,1-2H3. The van der Waals surface area contributed by atoms with Crippen LogP contribution in [0.25, 0.3) is 0 Å². The van der Waals surface area contributed by atoms with Crippen LogP contribution in [0.5, 0.6) is 5.88 Å². The van der Waals surface area contributed by atoms with E-state index in [1.165, 1.54) is 0 Å². The molecule has 0 amide bonds. The van der Waals surface area contributed by atoms with E-state index < -0.39 is 0 Å². The van der Waals surface area contributed by atoms with Crippen LogP contribution in [0.15, 0.2) is 18.3 Å². The van der Waals surface area contributed by atoms with Crippen molar-refractivity contribution in [1.29, 1.82) is 0 Å². The van der Waals surface area contributed by atoms with Crippen molar-refractivity contribution in [3.63, 3.8) is 0 Å². The van der Waals surface area contributed by atoms with Gasteiger partial charge in [-0.05, 0) is 6.07 Å². The van der Waals surface area contributed by atoms with E-state index in [4.69, 9.17) is 5.11 Å². The minimum Gasteiger partial charge on any atom is -0.493 e. The fourth-order valence-electron chi connectivity index (χ4n) is 0.702. The minimum absolute atomic E-state index is 0.264. The van der Waals surface area contributed by atoms with Crippen LogP contribution in [0.3, 0.4) is 0 Å². The van der Waals surface area contributed by atoms with E-state index in [1.807, 2.05) is 14.1 Å². The van der Waals surface area contributed by atoms with Crippen molar-refractivity contribution in [1.82, 2.24) is 4.68 Å². The van der Waals surface area contributed by atoms with Crippen LogP contribution >= 0.6 is 0 Å². The first kappa shape index (κ1) is 6.01. The van der Waals surface area contributed by atoms with Gasteiger partial charge < -0.3 is 10.1 Å². The summed E-state index contributed by atoms with van der Waals surface area (Å²) in [6, 6.07) is 3.43. The molecule has 0 aliphatic carbocycles. The van der Waals surface area contributed by atoms with Crippen molar-refractivity contribution >= 4 is 0 Å². The van der Waals surface area contributed by atoms with Crippen molar-refractivity contribution in [3.05, 3.63) is 18.3 Å². The molecule has 9 heavy (non-hydrogen) atoms. The predicted octanol–water partition coefficient (Wildman–Crippen LogP) is 0.391. The summed E-state index contributed by atoms with van der Waals surface area (Å²) in [5, 5.41) is 10.8. The molecule has 1 aromatic rings. The van der Waals surface area contributed by atoms with Gasteiger partial charge in [0.15, 0.2) is 0 Å². The van der Waals surface area contributed by atoms with Gasteiger partial charge in [-0.3, -0.25) is 0 Å². The third-order valence-electron chi connectivity index (χ3n) is 1.14. The summed E-state index contributed by atoms with van der Waals surface area (Å²) >= 11 is 0. The molecule has 0 saturated heterocycles. The van der Waals surface area contributed by atoms with Crippen LogP contribution in [0.4, 0.5) is 0 Å². The molecule has 1 heterocycles. The third-order valence-corrected chi connectivity index (χ3v) is 1.14. The number of aromatic hydroxyl groups is 1. The monoisotopic (exact) mass is 126 g/mol. The maximum atomic E-state index is 9.04. The molecule has 0 unspecified atom stereocenters. The molecule has 0 radical (unpaired) electrons. The van der Waals surface area contributed by atoms with Gasteiger partial charge in [0.1, 0.15) is 0 Å². The molecule has 0 fully saturated rings. The van der Waals surface area contributed by atoms with E-state index in [1.54, 1.807) is 28.0 Å². The topological polar surface area (TPSA) is 28.4 Å². The first-order valence-corrected chi connectivity index (χ1v) is 2.76. The lowest BCUT2D eigenvalue weighted by molar-refractivity contribution is 0.420. The Balaban J connectivity index is 2.94. The molecule has 1 N–H and O–H groups in total. The largest absolute Gasteiger partial charge is 0.493 e. The van der Waals surface area contributed by atoms with Gasteiger partial charge >= 0.3 is 0 Å². The van der Waals surface area contributed by atoms with Gasteiger partial charge in [0.05, 0.1) is 0 Å². The lowest BCUT2D eigenvalue weighted by Crippen LogP contribution is -2.22. The summed E-state index contributed by atoms with van der Waals surface area (Å²) in [7, 11) is 3.72. The average molecular weight is 126 g/mol. The number of rotatable bonds is 1. The second kappa shape index (κ2) is 2.01. The van der Waals surface area contributed by atoms with Gasteiger partial charge in [0.25, 0.3) is 0 Å². The second-order valence-electron chi connectivity index (χ2n) is 2.06. The molecular weight excluding hydrogens is 116 g/mol. The molecule has 0 aromatic carbocycles. The van der Waals surface area contributed by atoms with Crippen LogP contribution in [0.2, 0.25) is 0 Å². The Bertz CT molecular complexity index is 193. The number of nitrogens with zero attached hydrogens (tertiary/aromatic N) is 2. The van der Waals surface area contributed by atoms with Crippen LogP contribution < -0.4 is 5.01 Å². The third kappa shape index (κ3) is 0.988. The highest BCUT2D eigenvalue weighted by Crippen LogP contribution is 2.07. The molecule has 1 aromatic heterocycles. The molecule has 3 nitrogen and oxygen atoms in total. The van der Waals surface area contributed by atoms with E-state index in [0.717, 1.165) is 0 Å². The highest BCUT2D eigenvalue weighted by molar-refractivity contribution is 5.13. The summed E-state index contributed by atoms with van der Waals surface area (Å²) in [6.45, 7) is 0. The quantitative estimate of drug-likeness (QED) is 0.589. The smallest absolute Gasteiger partial charge is 0.209 e. The molecule has 0 spiro atoms. The van der Waals surface area contributed by atoms with Gasteiger partial charge in [-0.15, -0.1) is 0 Å². The molecule has 0 aliphatic rings. The first-order chi connectivity index (χ1) is 4.22. The van der Waals surface area contributed by atoms with Gasteiger partial charge in [0, 0.05) is 26.4 Å². The Labute approximate surface area is 54.1 Å². The lowest BCUT2D eigenvalue weighted by Gasteiger charge is -2.14. The zero-order valence-electron chi connectivity index (χ0n) is 5.57. The predicted molar refractivity (Wildman–Crippen MR) is 36.2 cm³/mol. The van der Waals surface area contributed by atoms with Crippen LogP contribution in [0, 0.1) is 0 Å². The van der Waals surface area contributed by atoms with E-state index in [-0.39, 0.29) is 5.88 Å². The van der Waals surface area contributed by atoms with Crippen molar-refractivity contribution in [2.75, 3.05) is 19.1 Å². The number of aromatic nitrogens is 1. The molecule has 0 bridgehead atoms. The van der Waals surface area contributed by atoms with Crippen LogP contribution in [0.1, 0.15) is 0 Å². The second-order valence-corrected chi connectivity index (χ2v) is 2.06. The van der Waals surface area contributed by atoms with Gasteiger partial charge in [-0.25, -0.2) is 4.68 Å². The first-order valence-electron chi connectivity index (χ1n) is 2.76. The van der Waals surface area contributed by atoms with Gasteiger partial charge in [-0.2, -0.15) is 0 Å². The highest BCUT2D eigenvalue weighted by atomic mass is 16.3. The lowest BCUT2D eigenvalue weighted by atomic mass is 10.7. The van der Waals surface area contributed by atoms with E-state index in [2.05, 4.69) is 0 Å². The zero-order chi connectivity index (χ0) is 6.85. The molecule has 0 atom stereocenters. The van der Waals surface area contributed by atoms with Crippen molar-refractivity contribution < 1.29 is 5.11 Å². The Morgan fingerprint density at radius 1 is 1.56 bits per heavy atom. The summed E-state index contributed by atoms with van der Waals surface area (Å²) < 4.78 is 1.64. The fraction of sp³-hybridized carbons (Fsp3) is 0.333. The van der Waals surface area contributed by atoms with Gasteiger partial charge in [-0.1, -0.05) is 0 Å². The molecule has 50 valence electrons. The highest BCUT2D eigenvalue weighted by Gasteiger charge is 1.95. The van der Waals surface area contributed by atoms with E-state index >= 15 is 0 Å². The minimum atomic E-state index is 0.264. The van der Waals surface area contributed by atoms with Crippen LogP contribution in [-0.2, 0) is 0 Å². The summed E-state index contributed by atoms with van der Waals surface area (Å²) in [5.74, 6) is 0.264. The van der Waals surface area contributed by atoms with Gasteiger partial charge in [0.2, 0.25) is 5.88 Å². The molecular formula is C6H10N2O. The van der Waals surface area contributed by atoms with E-state index in [0.29, 0.717) is 0 Å². The molecule has 0 aliphatic heterocycles. The van der Waals surface area contributed by atoms with Crippen molar-refractivity contribution in [2.45, 2.75) is 0 Å². The Hall–Kier alpha value is -1.12. The summed E-state index contributed by atoms with van der Waals surface area (Å²) in [6.07, 6.45) is 1.79. The fourth-order valence-corrected chi connectivity index (χ4v) is 0.702. The maximum absolute atomic E-state index is 9.04. The Morgan fingerprint density at radius 2 is 2.22 bits per heavy atom. The molecule has 1 rings (SSSR count). The van der Waals surface area contributed by atoms with Crippen molar-refractivity contribution in [2.24, 2.45) is 0 Å². The SMILES string of the molecule is CN(C)n1cccc1O. The van der Waals surface area contributed by atoms with Crippen molar-refractivity contribution in [3.8, 4) is 5.88 Å². The Kier molecular flexibility index (Phi) is 1.34. The summed E-state index contributed by atoms with van der Waals surface area (Å²) in [5.41, 5.74) is 0. The number of hydrogen-bond acceptors (Lipinski definition) is 2. The Morgan fingerprint density at radius 3 is 2.44 bits per heavy atom. The number of hydrogen-bond donors (Lipinski definition) is 1. The molecule has 0 saturated carbocycles. The average Bonchev–Trinajstić information content (AvgIpc) is 2.13. The summed E-state index contributed by atoms with van der Waals surface area (Å²) in [4.78, 5) is 0. The maximum Gasteiger partial charge on any atom is 0.209 e. The zero-order valence-corrected chi connectivity index (χ0v) is 5.57. The molecule has 3 heteroatoms.